The van der Waals surface area contributed by atoms with Crippen molar-refractivity contribution in [2.24, 2.45) is 11.8 Å². The molecule has 0 heterocycles. The molecule has 3 N–H and O–H groups in total. The van der Waals surface area contributed by atoms with Crippen molar-refractivity contribution in [1.82, 2.24) is 5.32 Å². The van der Waals surface area contributed by atoms with Crippen molar-refractivity contribution in [3.63, 3.8) is 0 Å². The van der Waals surface area contributed by atoms with Crippen LogP contribution in [-0.2, 0) is 4.79 Å². The molecule has 1 saturated carbocycles. The Morgan fingerprint density at radius 3 is 2.73 bits per heavy atom. The highest BCUT2D eigenvalue weighted by molar-refractivity contribution is 5.70. The molecule has 0 aromatic heterocycles. The van der Waals surface area contributed by atoms with Crippen LogP contribution in [-0.4, -0.2) is 35.4 Å². The summed E-state index contributed by atoms with van der Waals surface area (Å²) in [7, 11) is 0. The first-order valence-corrected chi connectivity index (χ1v) is 5.73. The van der Waals surface area contributed by atoms with Crippen LogP contribution in [0.5, 0.6) is 0 Å². The molecular formula is C11H21NO3. The Balaban J connectivity index is 2.33. The first-order chi connectivity index (χ1) is 7.11. The maximum absolute atomic E-state index is 11.0. The molecule has 15 heavy (non-hydrogen) atoms. The van der Waals surface area contributed by atoms with Gasteiger partial charge in [-0.25, -0.2) is 0 Å². The first-order valence-electron chi connectivity index (χ1n) is 5.73. The van der Waals surface area contributed by atoms with Crippen molar-refractivity contribution in [3.8, 4) is 0 Å². The number of aliphatic hydroxyl groups excluding tert-OH is 1. The Kier molecular flexibility index (Phi) is 5.05. The van der Waals surface area contributed by atoms with E-state index in [0.29, 0.717) is 13.1 Å². The second kappa shape index (κ2) is 6.08. The molecule has 88 valence electrons. The van der Waals surface area contributed by atoms with Crippen LogP contribution in [0.25, 0.3) is 0 Å². The minimum Gasteiger partial charge on any atom is -0.481 e. The molecule has 1 aliphatic carbocycles. The van der Waals surface area contributed by atoms with Gasteiger partial charge in [0.15, 0.2) is 0 Å². The van der Waals surface area contributed by atoms with Crippen LogP contribution in [0.3, 0.4) is 0 Å². The fraction of sp³-hybridized carbons (Fsp3) is 0.909. The predicted octanol–water partition coefficient (Wildman–Crippen LogP) is 0.848. The van der Waals surface area contributed by atoms with Crippen molar-refractivity contribution in [2.75, 3.05) is 13.1 Å². The van der Waals surface area contributed by atoms with Crippen LogP contribution in [0, 0.1) is 11.8 Å². The fourth-order valence-corrected chi connectivity index (χ4v) is 2.25. The monoisotopic (exact) mass is 215 g/mol. The van der Waals surface area contributed by atoms with Gasteiger partial charge in [0.25, 0.3) is 0 Å². The minimum atomic E-state index is -0.668. The number of hydrogen-bond donors (Lipinski definition) is 3. The zero-order valence-electron chi connectivity index (χ0n) is 9.28. The van der Waals surface area contributed by atoms with Gasteiger partial charge < -0.3 is 15.5 Å². The van der Waals surface area contributed by atoms with Crippen LogP contribution >= 0.6 is 0 Å². The lowest BCUT2D eigenvalue weighted by Crippen LogP contribution is -2.36. The lowest BCUT2D eigenvalue weighted by atomic mass is 9.79. The van der Waals surface area contributed by atoms with Gasteiger partial charge in [0.05, 0.1) is 12.0 Å². The van der Waals surface area contributed by atoms with Gasteiger partial charge in [0.2, 0.25) is 0 Å². The summed E-state index contributed by atoms with van der Waals surface area (Å²) in [4.78, 5) is 11.0. The maximum atomic E-state index is 11.0. The zero-order chi connectivity index (χ0) is 11.3. The summed E-state index contributed by atoms with van der Waals surface area (Å²) in [6.45, 7) is 2.98. The fourth-order valence-electron chi connectivity index (χ4n) is 2.25. The normalized spacial score (nSPS) is 28.7. The van der Waals surface area contributed by atoms with Crippen molar-refractivity contribution in [2.45, 2.75) is 38.7 Å². The van der Waals surface area contributed by atoms with Gasteiger partial charge in [-0.2, -0.15) is 0 Å². The molecule has 0 saturated heterocycles. The second-order valence-corrected chi connectivity index (χ2v) is 4.50. The van der Waals surface area contributed by atoms with Crippen molar-refractivity contribution in [1.29, 1.82) is 0 Å². The molecule has 4 heteroatoms. The summed E-state index contributed by atoms with van der Waals surface area (Å²) in [5.41, 5.74) is 0. The third-order valence-corrected chi connectivity index (χ3v) is 3.07. The van der Waals surface area contributed by atoms with E-state index in [9.17, 15) is 4.79 Å². The van der Waals surface area contributed by atoms with E-state index in [-0.39, 0.29) is 17.9 Å². The molecule has 3 atom stereocenters. The average molecular weight is 215 g/mol. The minimum absolute atomic E-state index is 0.194. The molecule has 0 aromatic carbocycles. The van der Waals surface area contributed by atoms with Crippen LogP contribution < -0.4 is 5.32 Å². The van der Waals surface area contributed by atoms with Crippen molar-refractivity contribution in [3.05, 3.63) is 0 Å². The summed E-state index contributed by atoms with van der Waals surface area (Å²) in [6, 6.07) is 0. The van der Waals surface area contributed by atoms with Crippen LogP contribution in [0.4, 0.5) is 0 Å². The van der Waals surface area contributed by atoms with Crippen LogP contribution in [0.15, 0.2) is 0 Å². The molecule has 0 aliphatic heterocycles. The standard InChI is InChI=1S/C11H21NO3/c1-8(13)6-12-7-9-4-2-3-5-10(9)11(14)15/h8-10,12-13H,2-7H2,1H3,(H,14,15). The topological polar surface area (TPSA) is 69.6 Å². The van der Waals surface area contributed by atoms with Gasteiger partial charge in [0.1, 0.15) is 0 Å². The smallest absolute Gasteiger partial charge is 0.306 e. The number of carboxylic acid groups (broad SMARTS) is 1. The highest BCUT2D eigenvalue weighted by atomic mass is 16.4. The highest BCUT2D eigenvalue weighted by Gasteiger charge is 2.30. The summed E-state index contributed by atoms with van der Waals surface area (Å²) in [5, 5.41) is 21.2. The van der Waals surface area contributed by atoms with Gasteiger partial charge in [-0.1, -0.05) is 12.8 Å². The van der Waals surface area contributed by atoms with E-state index in [1.165, 1.54) is 0 Å². The zero-order valence-corrected chi connectivity index (χ0v) is 9.28. The molecular weight excluding hydrogens is 194 g/mol. The number of carboxylic acids is 1. The molecule has 1 fully saturated rings. The third kappa shape index (κ3) is 4.18. The van der Waals surface area contributed by atoms with E-state index in [2.05, 4.69) is 5.32 Å². The van der Waals surface area contributed by atoms with Crippen LogP contribution in [0.1, 0.15) is 32.6 Å². The van der Waals surface area contributed by atoms with E-state index in [4.69, 9.17) is 10.2 Å². The number of carbonyl (C=O) groups is 1. The molecule has 4 nitrogen and oxygen atoms in total. The molecule has 1 aliphatic rings. The number of rotatable bonds is 5. The lowest BCUT2D eigenvalue weighted by Gasteiger charge is -2.28. The van der Waals surface area contributed by atoms with Crippen molar-refractivity contribution >= 4 is 5.97 Å². The number of nitrogens with one attached hydrogen (secondary N) is 1. The Labute approximate surface area is 90.7 Å². The molecule has 0 amide bonds. The van der Waals surface area contributed by atoms with Gasteiger partial charge >= 0.3 is 5.97 Å². The molecule has 3 unspecified atom stereocenters. The SMILES string of the molecule is CC(O)CNCC1CCCCC1C(=O)O. The molecule has 0 spiro atoms. The van der Waals surface area contributed by atoms with E-state index >= 15 is 0 Å². The van der Waals surface area contributed by atoms with E-state index in [1.54, 1.807) is 6.92 Å². The Morgan fingerprint density at radius 1 is 1.47 bits per heavy atom. The van der Waals surface area contributed by atoms with Gasteiger partial charge in [-0.15, -0.1) is 0 Å². The van der Waals surface area contributed by atoms with Gasteiger partial charge in [0, 0.05) is 6.54 Å². The van der Waals surface area contributed by atoms with E-state index in [1.807, 2.05) is 0 Å². The highest BCUT2D eigenvalue weighted by Crippen LogP contribution is 2.29. The second-order valence-electron chi connectivity index (χ2n) is 4.50. The Hall–Kier alpha value is -0.610. The van der Waals surface area contributed by atoms with E-state index in [0.717, 1.165) is 25.7 Å². The maximum Gasteiger partial charge on any atom is 0.306 e. The molecule has 0 bridgehead atoms. The van der Waals surface area contributed by atoms with Gasteiger partial charge in [-0.3, -0.25) is 4.79 Å². The Bertz CT molecular complexity index is 206. The number of hydrogen-bond acceptors (Lipinski definition) is 3. The number of aliphatic carboxylic acids is 1. The summed E-state index contributed by atoms with van der Waals surface area (Å²) in [6.07, 6.45) is 3.59. The van der Waals surface area contributed by atoms with E-state index < -0.39 is 5.97 Å². The molecule has 0 aromatic rings. The molecule has 1 rings (SSSR count). The van der Waals surface area contributed by atoms with Gasteiger partial charge in [-0.05, 0) is 32.2 Å². The first kappa shape index (κ1) is 12.5. The quantitative estimate of drug-likeness (QED) is 0.636. The van der Waals surface area contributed by atoms with Crippen molar-refractivity contribution < 1.29 is 15.0 Å². The predicted molar refractivity (Wildman–Crippen MR) is 57.6 cm³/mol. The Morgan fingerprint density at radius 2 is 2.13 bits per heavy atom. The summed E-state index contributed by atoms with van der Waals surface area (Å²) in [5.74, 6) is -0.631. The number of aliphatic hydroxyl groups is 1. The summed E-state index contributed by atoms with van der Waals surface area (Å²) >= 11 is 0. The van der Waals surface area contributed by atoms with Crippen LogP contribution in [0.2, 0.25) is 0 Å². The largest absolute Gasteiger partial charge is 0.481 e. The lowest BCUT2D eigenvalue weighted by molar-refractivity contribution is -0.144. The third-order valence-electron chi connectivity index (χ3n) is 3.07. The summed E-state index contributed by atoms with van der Waals surface area (Å²) < 4.78 is 0. The molecule has 0 radical (unpaired) electrons. The average Bonchev–Trinajstić information content (AvgIpc) is 2.17.